The summed E-state index contributed by atoms with van der Waals surface area (Å²) in [5.74, 6) is 1.41. The van der Waals surface area contributed by atoms with Crippen molar-refractivity contribution in [3.8, 4) is 6.07 Å². The fraction of sp³-hybridized carbons (Fsp3) is 0.609. The Balaban J connectivity index is 1.53. The maximum absolute atomic E-state index is 12.2. The van der Waals surface area contributed by atoms with Crippen molar-refractivity contribution in [2.75, 3.05) is 0 Å². The van der Waals surface area contributed by atoms with E-state index < -0.39 is 5.60 Å². The van der Waals surface area contributed by atoms with Crippen molar-refractivity contribution in [2.24, 2.45) is 39.6 Å². The van der Waals surface area contributed by atoms with Gasteiger partial charge in [0.1, 0.15) is 11.4 Å². The van der Waals surface area contributed by atoms with E-state index in [0.29, 0.717) is 35.2 Å². The molecule has 0 saturated heterocycles. The van der Waals surface area contributed by atoms with Gasteiger partial charge in [0.15, 0.2) is 0 Å². The molecule has 1 amide bonds. The lowest BCUT2D eigenvalue weighted by Gasteiger charge is -2.57. The van der Waals surface area contributed by atoms with E-state index in [1.165, 1.54) is 0 Å². The number of nitrogens with zero attached hydrogens (tertiary/aromatic N) is 2. The van der Waals surface area contributed by atoms with Gasteiger partial charge in [-0.1, -0.05) is 23.7 Å². The van der Waals surface area contributed by atoms with E-state index in [0.717, 1.165) is 37.7 Å². The highest BCUT2D eigenvalue weighted by atomic mass is 35.5. The summed E-state index contributed by atoms with van der Waals surface area (Å²) in [4.78, 5) is 17.1. The van der Waals surface area contributed by atoms with Gasteiger partial charge < -0.3 is 16.2 Å². The minimum Gasteiger partial charge on any atom is -0.385 e. The molecule has 0 heterocycles. The van der Waals surface area contributed by atoms with Gasteiger partial charge in [-0.05, 0) is 74.5 Å². The minimum absolute atomic E-state index is 0.0711. The number of aliphatic imine (C=N–C) groups is 1. The Bertz CT molecular complexity index is 895. The third-order valence-electron chi connectivity index (χ3n) is 7.44. The molecular weight excluding hydrogens is 400 g/mol. The number of hydrogen-bond donors (Lipinski definition) is 2. The molecule has 30 heavy (non-hydrogen) atoms. The number of ether oxygens (including phenoxy) is 1. The first-order chi connectivity index (χ1) is 14.2. The van der Waals surface area contributed by atoms with Crippen LogP contribution < -0.4 is 11.5 Å². The molecule has 4 aliphatic carbocycles. The SMILES string of the molecule is CC(CC#N)(OCc1cccc(Cl)c1)C(N)=NC1C2CC3CC1CC(C(N)=O)(C3)C2. The molecule has 0 aromatic heterocycles. The van der Waals surface area contributed by atoms with Gasteiger partial charge in [0.05, 0.1) is 25.1 Å². The highest BCUT2D eigenvalue weighted by Crippen LogP contribution is 2.60. The molecular formula is C23H29ClN4O2. The van der Waals surface area contributed by atoms with Crippen LogP contribution in [-0.4, -0.2) is 23.4 Å². The molecule has 0 radical (unpaired) electrons. The van der Waals surface area contributed by atoms with Gasteiger partial charge in [0, 0.05) is 10.4 Å². The molecule has 4 fully saturated rings. The molecule has 3 unspecified atom stereocenters. The second-order valence-corrected chi connectivity index (χ2v) is 10.0. The van der Waals surface area contributed by atoms with Crippen LogP contribution >= 0.6 is 11.6 Å². The van der Waals surface area contributed by atoms with Crippen molar-refractivity contribution in [1.82, 2.24) is 0 Å². The third kappa shape index (κ3) is 3.81. The number of halogens is 1. The van der Waals surface area contributed by atoms with E-state index >= 15 is 0 Å². The predicted molar refractivity (Wildman–Crippen MR) is 115 cm³/mol. The summed E-state index contributed by atoms with van der Waals surface area (Å²) in [5, 5.41) is 10.0. The lowest BCUT2D eigenvalue weighted by Crippen LogP contribution is -2.58. The van der Waals surface area contributed by atoms with Crippen molar-refractivity contribution in [3.63, 3.8) is 0 Å². The summed E-state index contributed by atoms with van der Waals surface area (Å²) < 4.78 is 6.11. The first-order valence-electron chi connectivity index (χ1n) is 10.6. The van der Waals surface area contributed by atoms with E-state index in [-0.39, 0.29) is 23.8 Å². The molecule has 3 atom stereocenters. The summed E-state index contributed by atoms with van der Waals surface area (Å²) in [6.45, 7) is 2.11. The Kier molecular flexibility index (Phi) is 5.54. The van der Waals surface area contributed by atoms with Gasteiger partial charge in [-0.15, -0.1) is 0 Å². The molecule has 1 aromatic carbocycles. The lowest BCUT2D eigenvalue weighted by atomic mass is 9.48. The van der Waals surface area contributed by atoms with Gasteiger partial charge in [-0.2, -0.15) is 5.26 Å². The van der Waals surface area contributed by atoms with Crippen molar-refractivity contribution in [1.29, 1.82) is 5.26 Å². The first kappa shape index (κ1) is 21.1. The van der Waals surface area contributed by atoms with Crippen LogP contribution in [0.1, 0.15) is 51.0 Å². The van der Waals surface area contributed by atoms with Gasteiger partial charge >= 0.3 is 0 Å². The standard InChI is InChI=1S/C23H29ClN4O2/c1-22(5-6-25,30-13-14-3-2-4-18(24)9-14)20(26)28-19-16-7-15-8-17(19)12-23(10-15,11-16)21(27)29/h2-4,9,15-17,19H,5,7-8,10-13H2,1H3,(H2,26,28)(H2,27,29). The summed E-state index contributed by atoms with van der Waals surface area (Å²) in [7, 11) is 0. The number of benzene rings is 1. The highest BCUT2D eigenvalue weighted by Gasteiger charge is 2.58. The Morgan fingerprint density at radius 3 is 2.63 bits per heavy atom. The molecule has 0 spiro atoms. The van der Waals surface area contributed by atoms with Crippen LogP contribution in [0, 0.1) is 34.5 Å². The topological polar surface area (TPSA) is 114 Å². The van der Waals surface area contributed by atoms with E-state index in [1.54, 1.807) is 6.07 Å². The average Bonchev–Trinajstić information content (AvgIpc) is 2.69. The number of nitrogens with two attached hydrogens (primary N) is 2. The molecule has 6 nitrogen and oxygen atoms in total. The first-order valence-corrected chi connectivity index (χ1v) is 11.0. The Morgan fingerprint density at radius 2 is 2.03 bits per heavy atom. The number of amidine groups is 1. The van der Waals surface area contributed by atoms with E-state index in [2.05, 4.69) is 6.07 Å². The summed E-state index contributed by atoms with van der Waals surface area (Å²) in [5.41, 5.74) is 11.8. The second kappa shape index (κ2) is 7.86. The van der Waals surface area contributed by atoms with Crippen LogP contribution in [0.5, 0.6) is 0 Å². The number of primary amides is 1. The Morgan fingerprint density at radius 1 is 1.33 bits per heavy atom. The van der Waals surface area contributed by atoms with Crippen LogP contribution in [0.3, 0.4) is 0 Å². The van der Waals surface area contributed by atoms with Crippen LogP contribution in [-0.2, 0) is 16.1 Å². The number of rotatable bonds is 7. The molecule has 4 aliphatic rings. The zero-order chi connectivity index (χ0) is 21.5. The Hall–Kier alpha value is -2.10. The van der Waals surface area contributed by atoms with Crippen molar-refractivity contribution < 1.29 is 9.53 Å². The maximum Gasteiger partial charge on any atom is 0.223 e. The van der Waals surface area contributed by atoms with Crippen molar-refractivity contribution in [2.45, 2.75) is 63.7 Å². The molecule has 0 aliphatic heterocycles. The molecule has 160 valence electrons. The quantitative estimate of drug-likeness (QED) is 0.510. The number of amides is 1. The van der Waals surface area contributed by atoms with Gasteiger partial charge in [-0.3, -0.25) is 9.79 Å². The van der Waals surface area contributed by atoms with Crippen molar-refractivity contribution in [3.05, 3.63) is 34.9 Å². The van der Waals surface area contributed by atoms with Crippen LogP contribution in [0.4, 0.5) is 0 Å². The molecule has 1 aromatic rings. The largest absolute Gasteiger partial charge is 0.385 e. The van der Waals surface area contributed by atoms with Crippen LogP contribution in [0.15, 0.2) is 29.3 Å². The van der Waals surface area contributed by atoms with E-state index in [4.69, 9.17) is 32.8 Å². The van der Waals surface area contributed by atoms with Crippen LogP contribution in [0.2, 0.25) is 5.02 Å². The van der Waals surface area contributed by atoms with E-state index in [9.17, 15) is 10.1 Å². The zero-order valence-corrected chi connectivity index (χ0v) is 18.1. The summed E-state index contributed by atoms with van der Waals surface area (Å²) in [6, 6.07) is 9.69. The molecule has 5 rings (SSSR count). The molecule has 4 saturated carbocycles. The van der Waals surface area contributed by atoms with Crippen LogP contribution in [0.25, 0.3) is 0 Å². The maximum atomic E-state index is 12.2. The predicted octanol–water partition coefficient (Wildman–Crippen LogP) is 3.57. The van der Waals surface area contributed by atoms with Crippen molar-refractivity contribution >= 4 is 23.3 Å². The fourth-order valence-corrected chi connectivity index (χ4v) is 6.26. The van der Waals surface area contributed by atoms with E-state index in [1.807, 2.05) is 25.1 Å². The summed E-state index contributed by atoms with van der Waals surface area (Å²) >= 11 is 6.06. The Labute approximate surface area is 182 Å². The number of nitriles is 1. The number of carbonyl (C=O) groups is 1. The monoisotopic (exact) mass is 428 g/mol. The zero-order valence-electron chi connectivity index (χ0n) is 17.3. The normalized spacial score (nSPS) is 34.4. The number of carbonyl (C=O) groups excluding carboxylic acids is 1. The highest BCUT2D eigenvalue weighted by molar-refractivity contribution is 6.30. The average molecular weight is 429 g/mol. The van der Waals surface area contributed by atoms with Gasteiger partial charge in [0.2, 0.25) is 5.91 Å². The fourth-order valence-electron chi connectivity index (χ4n) is 6.04. The minimum atomic E-state index is -0.979. The second-order valence-electron chi connectivity index (χ2n) is 9.60. The molecule has 7 heteroatoms. The number of hydrogen-bond acceptors (Lipinski definition) is 4. The van der Waals surface area contributed by atoms with Gasteiger partial charge in [-0.25, -0.2) is 0 Å². The third-order valence-corrected chi connectivity index (χ3v) is 7.67. The molecule has 4 N–H and O–H groups in total. The lowest BCUT2D eigenvalue weighted by molar-refractivity contribution is -0.144. The van der Waals surface area contributed by atoms with Gasteiger partial charge in [0.25, 0.3) is 0 Å². The smallest absolute Gasteiger partial charge is 0.223 e. The summed E-state index contributed by atoms with van der Waals surface area (Å²) in [6.07, 6.45) is 4.79. The molecule has 4 bridgehead atoms.